The maximum absolute atomic E-state index is 11.5. The largest absolute Gasteiger partial charge is 0.485 e. The third-order valence-electron chi connectivity index (χ3n) is 4.32. The number of H-pyrrole nitrogens is 1. The lowest BCUT2D eigenvalue weighted by molar-refractivity contribution is 0.105. The molecule has 2 heterocycles. The molecule has 4 nitrogen and oxygen atoms in total. The predicted octanol–water partition coefficient (Wildman–Crippen LogP) is 2.47. The molecule has 0 radical (unpaired) electrons. The molecular formula is C15H19ClN2O2. The van der Waals surface area contributed by atoms with E-state index in [9.17, 15) is 4.79 Å². The Labute approximate surface area is 123 Å². The van der Waals surface area contributed by atoms with Crippen LogP contribution < -0.4 is 16.0 Å². The standard InChI is InChI=1S/C15H18N2O2.ClH/c1-8-6-11-9(2)15(3,7-16)19-14(11)10-4-5-12(18)17-13(8)10;/h4-6,9H,7,16H2,1-3H3,(H,17,18);1H/t9-,15-;/m0./s1. The smallest absolute Gasteiger partial charge is 0.248 e. The van der Waals surface area contributed by atoms with Gasteiger partial charge < -0.3 is 15.5 Å². The van der Waals surface area contributed by atoms with Gasteiger partial charge in [-0.25, -0.2) is 0 Å². The molecule has 2 aromatic rings. The van der Waals surface area contributed by atoms with Crippen molar-refractivity contribution < 1.29 is 4.74 Å². The average molecular weight is 295 g/mol. The highest BCUT2D eigenvalue weighted by molar-refractivity contribution is 5.90. The number of fused-ring (bicyclic) bond motifs is 3. The average Bonchev–Trinajstić information content (AvgIpc) is 2.64. The van der Waals surface area contributed by atoms with Crippen molar-refractivity contribution in [2.45, 2.75) is 32.3 Å². The predicted molar refractivity (Wildman–Crippen MR) is 83.1 cm³/mol. The molecule has 1 aromatic heterocycles. The summed E-state index contributed by atoms with van der Waals surface area (Å²) in [6, 6.07) is 5.46. The van der Waals surface area contributed by atoms with Gasteiger partial charge >= 0.3 is 0 Å². The Kier molecular flexibility index (Phi) is 3.56. The highest BCUT2D eigenvalue weighted by Gasteiger charge is 2.42. The van der Waals surface area contributed by atoms with Crippen LogP contribution in [0.1, 0.15) is 30.9 Å². The van der Waals surface area contributed by atoms with Gasteiger partial charge in [0.05, 0.1) is 5.52 Å². The van der Waals surface area contributed by atoms with Crippen LogP contribution in [0.5, 0.6) is 5.75 Å². The summed E-state index contributed by atoms with van der Waals surface area (Å²) in [6.07, 6.45) is 0. The molecule has 2 atom stereocenters. The zero-order valence-corrected chi connectivity index (χ0v) is 12.6. The number of aromatic amines is 1. The van der Waals surface area contributed by atoms with Crippen molar-refractivity contribution in [3.05, 3.63) is 39.7 Å². The summed E-state index contributed by atoms with van der Waals surface area (Å²) in [5.41, 5.74) is 8.47. The molecule has 20 heavy (non-hydrogen) atoms. The first-order valence-electron chi connectivity index (χ1n) is 6.52. The maximum Gasteiger partial charge on any atom is 0.248 e. The third kappa shape index (κ3) is 1.91. The minimum absolute atomic E-state index is 0. The highest BCUT2D eigenvalue weighted by atomic mass is 35.5. The van der Waals surface area contributed by atoms with E-state index in [1.807, 2.05) is 19.9 Å². The number of rotatable bonds is 1. The van der Waals surface area contributed by atoms with Gasteiger partial charge in [-0.2, -0.15) is 0 Å². The molecule has 108 valence electrons. The minimum Gasteiger partial charge on any atom is -0.485 e. The summed E-state index contributed by atoms with van der Waals surface area (Å²) in [5.74, 6) is 1.10. The van der Waals surface area contributed by atoms with Gasteiger partial charge in [0.2, 0.25) is 5.56 Å². The summed E-state index contributed by atoms with van der Waals surface area (Å²) in [6.45, 7) is 6.64. The lowest BCUT2D eigenvalue weighted by atomic mass is 9.86. The Morgan fingerprint density at radius 2 is 2.15 bits per heavy atom. The second-order valence-corrected chi connectivity index (χ2v) is 5.56. The van der Waals surface area contributed by atoms with Crippen molar-refractivity contribution in [1.82, 2.24) is 4.98 Å². The molecule has 1 aliphatic heterocycles. The molecule has 0 aliphatic carbocycles. The van der Waals surface area contributed by atoms with Gasteiger partial charge in [-0.1, -0.05) is 6.92 Å². The molecule has 0 unspecified atom stereocenters. The molecule has 0 saturated heterocycles. The molecule has 0 saturated carbocycles. The van der Waals surface area contributed by atoms with Crippen LogP contribution >= 0.6 is 12.4 Å². The van der Waals surface area contributed by atoms with Gasteiger partial charge in [0, 0.05) is 29.5 Å². The van der Waals surface area contributed by atoms with E-state index in [0.29, 0.717) is 6.54 Å². The summed E-state index contributed by atoms with van der Waals surface area (Å²) < 4.78 is 6.12. The van der Waals surface area contributed by atoms with Gasteiger partial charge in [-0.15, -0.1) is 12.4 Å². The topological polar surface area (TPSA) is 68.1 Å². The Balaban J connectivity index is 0.00000147. The number of hydrogen-bond acceptors (Lipinski definition) is 3. The molecule has 0 spiro atoms. The van der Waals surface area contributed by atoms with E-state index in [0.717, 1.165) is 22.2 Å². The first kappa shape index (κ1) is 14.9. The van der Waals surface area contributed by atoms with Gasteiger partial charge in [-0.05, 0) is 31.5 Å². The summed E-state index contributed by atoms with van der Waals surface area (Å²) in [7, 11) is 0. The van der Waals surface area contributed by atoms with Crippen LogP contribution in [0.3, 0.4) is 0 Å². The van der Waals surface area contributed by atoms with Gasteiger partial charge in [0.1, 0.15) is 11.4 Å². The zero-order chi connectivity index (χ0) is 13.8. The van der Waals surface area contributed by atoms with Crippen LogP contribution in [-0.4, -0.2) is 17.1 Å². The number of nitrogens with one attached hydrogen (secondary N) is 1. The van der Waals surface area contributed by atoms with Crippen LogP contribution in [0.15, 0.2) is 23.0 Å². The first-order valence-corrected chi connectivity index (χ1v) is 6.52. The van der Waals surface area contributed by atoms with Crippen molar-refractivity contribution in [2.75, 3.05) is 6.54 Å². The van der Waals surface area contributed by atoms with Gasteiger partial charge in [0.15, 0.2) is 0 Å². The van der Waals surface area contributed by atoms with Gasteiger partial charge in [-0.3, -0.25) is 4.79 Å². The van der Waals surface area contributed by atoms with Crippen LogP contribution in [0.4, 0.5) is 0 Å². The summed E-state index contributed by atoms with van der Waals surface area (Å²) >= 11 is 0. The quantitative estimate of drug-likeness (QED) is 0.849. The van der Waals surface area contributed by atoms with Gasteiger partial charge in [0.25, 0.3) is 0 Å². The fourth-order valence-electron chi connectivity index (χ4n) is 2.81. The van der Waals surface area contributed by atoms with Crippen LogP contribution in [-0.2, 0) is 0 Å². The Hall–Kier alpha value is -1.52. The number of nitrogens with two attached hydrogens (primary N) is 1. The zero-order valence-electron chi connectivity index (χ0n) is 11.8. The second-order valence-electron chi connectivity index (χ2n) is 5.56. The molecular weight excluding hydrogens is 276 g/mol. The first-order chi connectivity index (χ1) is 8.96. The summed E-state index contributed by atoms with van der Waals surface area (Å²) in [4.78, 5) is 14.3. The fourth-order valence-corrected chi connectivity index (χ4v) is 2.81. The van der Waals surface area contributed by atoms with Crippen LogP contribution in [0, 0.1) is 6.92 Å². The molecule has 0 bridgehead atoms. The minimum atomic E-state index is -0.376. The normalized spacial score (nSPS) is 24.1. The van der Waals surface area contributed by atoms with Crippen molar-refractivity contribution in [2.24, 2.45) is 5.73 Å². The molecule has 5 heteroatoms. The maximum atomic E-state index is 11.5. The lowest BCUT2D eigenvalue weighted by Gasteiger charge is -2.26. The number of ether oxygens (including phenoxy) is 1. The van der Waals surface area contributed by atoms with E-state index in [1.54, 1.807) is 0 Å². The fraction of sp³-hybridized carbons (Fsp3) is 0.400. The number of halogens is 1. The number of aryl methyl sites for hydroxylation is 1. The Bertz CT molecular complexity index is 726. The van der Waals surface area contributed by atoms with Crippen molar-refractivity contribution in [1.29, 1.82) is 0 Å². The molecule has 3 N–H and O–H groups in total. The van der Waals surface area contributed by atoms with E-state index in [4.69, 9.17) is 10.5 Å². The SMILES string of the molecule is Cc1cc2c(c3ccc(=O)[nH]c13)O[C@@](C)(CN)[C@H]2C.Cl. The third-order valence-corrected chi connectivity index (χ3v) is 4.32. The van der Waals surface area contributed by atoms with Crippen molar-refractivity contribution in [3.8, 4) is 5.75 Å². The highest BCUT2D eigenvalue weighted by Crippen LogP contribution is 2.47. The lowest BCUT2D eigenvalue weighted by Crippen LogP contribution is -2.41. The Morgan fingerprint density at radius 3 is 2.80 bits per heavy atom. The molecule has 3 rings (SSSR count). The monoisotopic (exact) mass is 294 g/mol. The number of pyridine rings is 1. The molecule has 1 aliphatic rings. The van der Waals surface area contributed by atoms with E-state index >= 15 is 0 Å². The van der Waals surface area contributed by atoms with E-state index in [-0.39, 0.29) is 29.5 Å². The molecule has 0 fully saturated rings. The van der Waals surface area contributed by atoms with E-state index in [2.05, 4.69) is 18.0 Å². The molecule has 1 aromatic carbocycles. The number of aromatic nitrogens is 1. The number of hydrogen-bond donors (Lipinski definition) is 2. The van der Waals surface area contributed by atoms with E-state index < -0.39 is 0 Å². The molecule has 0 amide bonds. The number of benzene rings is 1. The summed E-state index contributed by atoms with van der Waals surface area (Å²) in [5, 5.41) is 0.957. The second kappa shape index (κ2) is 4.79. The van der Waals surface area contributed by atoms with Crippen molar-refractivity contribution in [3.63, 3.8) is 0 Å². The van der Waals surface area contributed by atoms with Crippen LogP contribution in [0.2, 0.25) is 0 Å². The van der Waals surface area contributed by atoms with E-state index in [1.165, 1.54) is 11.6 Å². The van der Waals surface area contributed by atoms with Crippen LogP contribution in [0.25, 0.3) is 10.9 Å². The Morgan fingerprint density at radius 1 is 1.45 bits per heavy atom. The van der Waals surface area contributed by atoms with Crippen molar-refractivity contribution >= 4 is 23.3 Å².